The number of ether oxygens (including phenoxy) is 6. The third-order valence-corrected chi connectivity index (χ3v) is 10.9. The molecule has 0 spiro atoms. The lowest BCUT2D eigenvalue weighted by Crippen LogP contribution is -2.54. The van der Waals surface area contributed by atoms with Crippen molar-refractivity contribution >= 4 is 58.8 Å². The monoisotopic (exact) mass is 915 g/mol. The molecule has 2 fully saturated rings. The number of hydrogen-bond acceptors (Lipinski definition) is 15. The highest BCUT2D eigenvalue weighted by atomic mass is 16.7. The molecule has 3 atom stereocenters. The van der Waals surface area contributed by atoms with Crippen LogP contribution in [0.25, 0.3) is 0 Å². The molecular weight excluding hydrogens is 863 g/mol. The number of anilines is 4. The van der Waals surface area contributed by atoms with Crippen molar-refractivity contribution in [2.45, 2.75) is 70.4 Å². The predicted molar refractivity (Wildman–Crippen MR) is 234 cm³/mol. The molecule has 0 aliphatic carbocycles. The van der Waals surface area contributed by atoms with Gasteiger partial charge in [0.25, 0.3) is 17.7 Å². The molecule has 7 rings (SSSR count). The van der Waals surface area contributed by atoms with E-state index in [0.717, 1.165) is 19.3 Å². The Labute approximate surface area is 379 Å². The summed E-state index contributed by atoms with van der Waals surface area (Å²) in [7, 11) is 6.16. The van der Waals surface area contributed by atoms with Crippen LogP contribution in [-0.2, 0) is 44.9 Å². The van der Waals surface area contributed by atoms with E-state index in [1.165, 1.54) is 56.4 Å². The Morgan fingerprint density at radius 3 is 2.12 bits per heavy atom. The Balaban J connectivity index is 0.971. The van der Waals surface area contributed by atoms with Gasteiger partial charge in [0.15, 0.2) is 41.5 Å². The Morgan fingerprint density at radius 2 is 1.50 bits per heavy atom. The first-order valence-electron chi connectivity index (χ1n) is 21.5. The molecule has 0 saturated carbocycles. The SMILES string of the molecule is C=CCOC(=O)N1c2cc(OCCCC(=O)Nc3cn(C)c(C(=O)Nc4cn(C)c(C(=O)Nc5cn(C)c(C(=O)OCC)n5)n4)n3)c(OC)cc2C(=O)N2CCC[C@H]2C1OC1CCCCO1. The normalized spacial score (nSPS) is 17.8. The lowest BCUT2D eigenvalue weighted by atomic mass is 10.1. The van der Waals surface area contributed by atoms with E-state index < -0.39 is 48.3 Å². The quantitative estimate of drug-likeness (QED) is 0.0769. The van der Waals surface area contributed by atoms with Gasteiger partial charge in [-0.2, -0.15) is 0 Å². The van der Waals surface area contributed by atoms with Crippen molar-refractivity contribution in [2.75, 3.05) is 60.9 Å². The maximum Gasteiger partial charge on any atom is 0.416 e. The fourth-order valence-electron chi connectivity index (χ4n) is 7.88. The smallest absolute Gasteiger partial charge is 0.416 e. The van der Waals surface area contributed by atoms with Crippen LogP contribution in [0.1, 0.15) is 94.1 Å². The second-order valence-electron chi connectivity index (χ2n) is 15.6. The van der Waals surface area contributed by atoms with E-state index in [0.29, 0.717) is 26.0 Å². The van der Waals surface area contributed by atoms with Gasteiger partial charge in [-0.1, -0.05) is 12.7 Å². The molecule has 5 amide bonds. The minimum absolute atomic E-state index is 0.000785. The number of hydrogen-bond donors (Lipinski definition) is 3. The van der Waals surface area contributed by atoms with Crippen LogP contribution in [0.3, 0.4) is 0 Å². The number of methoxy groups -OCH3 is 1. The van der Waals surface area contributed by atoms with Crippen LogP contribution in [0.5, 0.6) is 11.5 Å². The Hall–Kier alpha value is -7.27. The van der Waals surface area contributed by atoms with Gasteiger partial charge in [0.1, 0.15) is 6.61 Å². The first-order valence-corrected chi connectivity index (χ1v) is 21.5. The zero-order valence-corrected chi connectivity index (χ0v) is 37.4. The maximum atomic E-state index is 14.1. The average molecular weight is 916 g/mol. The van der Waals surface area contributed by atoms with Crippen molar-refractivity contribution in [1.82, 2.24) is 33.6 Å². The van der Waals surface area contributed by atoms with Crippen molar-refractivity contribution in [3.63, 3.8) is 0 Å². The molecule has 3 N–H and O–H groups in total. The lowest BCUT2D eigenvalue weighted by Gasteiger charge is -2.38. The molecule has 4 aromatic rings. The van der Waals surface area contributed by atoms with Crippen molar-refractivity contribution in [3.05, 3.63) is 66.4 Å². The van der Waals surface area contributed by atoms with Crippen LogP contribution >= 0.6 is 0 Å². The largest absolute Gasteiger partial charge is 0.493 e. The Kier molecular flexibility index (Phi) is 14.7. The number of aryl methyl sites for hydroxylation is 3. The van der Waals surface area contributed by atoms with E-state index in [1.54, 1.807) is 39.0 Å². The van der Waals surface area contributed by atoms with E-state index in [4.69, 9.17) is 28.4 Å². The standard InChI is InChI=1S/C43H53N11O12/c1-7-17-65-43(60)54-27-21-29(28(61-6)20-25(27)40(58)53-16-11-13-26(53)41(54)66-34-15-9-10-18-64-34)63-19-12-14-33(55)44-30-22-50(3)35(45-30)38(56)48-31-23-51(4)36(46-31)39(57)49-32-24-52(5)37(47-32)42(59)62-8-2/h7,20-24,26,34,41H,1,8-19H2,2-6H3,(H,44,55)(H,48,56)(H,49,57)/t26-,34?,41?/m0/s1. The summed E-state index contributed by atoms with van der Waals surface area (Å²) in [5.74, 6) is -2.03. The molecule has 23 heteroatoms. The molecule has 3 aromatic heterocycles. The summed E-state index contributed by atoms with van der Waals surface area (Å²) < 4.78 is 39.0. The molecule has 0 bridgehead atoms. The van der Waals surface area contributed by atoms with E-state index in [-0.39, 0.29) is 96.2 Å². The summed E-state index contributed by atoms with van der Waals surface area (Å²) in [5.41, 5.74) is 0.427. The lowest BCUT2D eigenvalue weighted by molar-refractivity contribution is -0.195. The van der Waals surface area contributed by atoms with Gasteiger partial charge < -0.3 is 63.0 Å². The van der Waals surface area contributed by atoms with Crippen molar-refractivity contribution < 1.29 is 57.2 Å². The molecule has 66 heavy (non-hydrogen) atoms. The van der Waals surface area contributed by atoms with Crippen LogP contribution in [0, 0.1) is 0 Å². The predicted octanol–water partition coefficient (Wildman–Crippen LogP) is 3.99. The first-order chi connectivity index (χ1) is 31.8. The van der Waals surface area contributed by atoms with Crippen LogP contribution < -0.4 is 30.3 Å². The fraction of sp³-hybridized carbons (Fsp3) is 0.465. The van der Waals surface area contributed by atoms with Gasteiger partial charge in [0.2, 0.25) is 23.4 Å². The number of fused-ring (bicyclic) bond motifs is 2. The minimum atomic E-state index is -0.920. The third-order valence-electron chi connectivity index (χ3n) is 10.9. The highest BCUT2D eigenvalue weighted by molar-refractivity contribution is 6.06. The van der Waals surface area contributed by atoms with Crippen LogP contribution in [0.15, 0.2) is 43.4 Å². The number of aromatic nitrogens is 6. The summed E-state index contributed by atoms with van der Waals surface area (Å²) in [5, 5.41) is 7.87. The van der Waals surface area contributed by atoms with E-state index in [1.807, 2.05) is 0 Å². The molecule has 3 aliphatic heterocycles. The van der Waals surface area contributed by atoms with E-state index in [9.17, 15) is 28.8 Å². The second-order valence-corrected chi connectivity index (χ2v) is 15.6. The number of rotatable bonds is 17. The summed E-state index contributed by atoms with van der Waals surface area (Å²) in [4.78, 5) is 95.1. The average Bonchev–Trinajstić information content (AvgIpc) is 4.09. The van der Waals surface area contributed by atoms with Crippen LogP contribution in [-0.4, -0.2) is 128 Å². The number of nitrogens with zero attached hydrogens (tertiary/aromatic N) is 8. The summed E-state index contributed by atoms with van der Waals surface area (Å²) >= 11 is 0. The van der Waals surface area contributed by atoms with Crippen molar-refractivity contribution in [1.29, 1.82) is 0 Å². The van der Waals surface area contributed by atoms with Crippen molar-refractivity contribution in [2.24, 2.45) is 21.1 Å². The molecule has 3 aliphatic rings. The number of benzene rings is 1. The fourth-order valence-corrected chi connectivity index (χ4v) is 7.88. The summed E-state index contributed by atoms with van der Waals surface area (Å²) in [6.45, 7) is 6.46. The number of nitrogens with one attached hydrogen (secondary N) is 3. The van der Waals surface area contributed by atoms with Gasteiger partial charge in [-0.15, -0.1) is 0 Å². The van der Waals surface area contributed by atoms with Gasteiger partial charge in [0, 0.05) is 65.4 Å². The molecule has 6 heterocycles. The second kappa shape index (κ2) is 20.7. The number of carbonyl (C=O) groups excluding carboxylic acids is 6. The van der Waals surface area contributed by atoms with Gasteiger partial charge in [-0.05, 0) is 51.5 Å². The molecule has 352 valence electrons. The summed E-state index contributed by atoms with van der Waals surface area (Å²) in [6, 6.07) is 2.62. The molecule has 23 nitrogen and oxygen atoms in total. The zero-order valence-electron chi connectivity index (χ0n) is 37.4. The van der Waals surface area contributed by atoms with Crippen LogP contribution in [0.4, 0.5) is 27.9 Å². The first kappa shape index (κ1) is 46.7. The minimum Gasteiger partial charge on any atom is -0.493 e. The number of amides is 5. The molecule has 1 aromatic carbocycles. The van der Waals surface area contributed by atoms with Gasteiger partial charge in [0.05, 0.1) is 37.6 Å². The topological polar surface area (TPSA) is 254 Å². The molecule has 2 saturated heterocycles. The van der Waals surface area contributed by atoms with Gasteiger partial charge in [-0.25, -0.2) is 29.4 Å². The van der Waals surface area contributed by atoms with Gasteiger partial charge >= 0.3 is 12.1 Å². The van der Waals surface area contributed by atoms with Crippen molar-refractivity contribution in [3.8, 4) is 11.5 Å². The van der Waals surface area contributed by atoms with Gasteiger partial charge in [-0.3, -0.25) is 19.2 Å². The van der Waals surface area contributed by atoms with E-state index in [2.05, 4.69) is 37.5 Å². The molecular formula is C43H53N11O12. The Morgan fingerprint density at radius 1 is 0.848 bits per heavy atom. The molecule has 2 unspecified atom stereocenters. The van der Waals surface area contributed by atoms with E-state index >= 15 is 0 Å². The Bertz CT molecular complexity index is 2490. The highest BCUT2D eigenvalue weighted by Crippen LogP contribution is 2.42. The maximum absolute atomic E-state index is 14.1. The summed E-state index contributed by atoms with van der Waals surface area (Å²) in [6.07, 6.45) is 7.56. The molecule has 0 radical (unpaired) electrons. The van der Waals surface area contributed by atoms with Crippen LogP contribution in [0.2, 0.25) is 0 Å². The highest BCUT2D eigenvalue weighted by Gasteiger charge is 2.48. The third kappa shape index (κ3) is 10.3. The number of esters is 1. The zero-order chi connectivity index (χ0) is 47.1. The number of imidazole rings is 3. The number of carbonyl (C=O) groups is 6.